The molecular formula is C11H17F2N. The second kappa shape index (κ2) is 5.03. The fourth-order valence-electron chi connectivity index (χ4n) is 0.883. The smallest absolute Gasteiger partial charge is 0.261 e. The molecule has 3 heteroatoms. The van der Waals surface area contributed by atoms with Crippen LogP contribution in [0.3, 0.4) is 0 Å². The topological polar surface area (TPSA) is 12.9 Å². The van der Waals surface area contributed by atoms with Gasteiger partial charge < -0.3 is 0 Å². The van der Waals surface area contributed by atoms with Gasteiger partial charge in [0.25, 0.3) is 5.92 Å². The van der Waals surface area contributed by atoms with Gasteiger partial charge in [-0.05, 0) is 25.5 Å². The molecule has 0 saturated carbocycles. The van der Waals surface area contributed by atoms with Gasteiger partial charge in [0.1, 0.15) is 0 Å². The molecule has 1 aromatic rings. The van der Waals surface area contributed by atoms with Crippen molar-refractivity contribution in [1.29, 1.82) is 0 Å². The Bertz CT molecular complexity index is 290. The van der Waals surface area contributed by atoms with Crippen molar-refractivity contribution in [3.63, 3.8) is 0 Å². The van der Waals surface area contributed by atoms with Crippen molar-refractivity contribution in [2.75, 3.05) is 0 Å². The first kappa shape index (κ1) is 13.0. The Morgan fingerprint density at radius 2 is 1.71 bits per heavy atom. The summed E-state index contributed by atoms with van der Waals surface area (Å²) in [7, 11) is 0. The summed E-state index contributed by atoms with van der Waals surface area (Å²) in [4.78, 5) is 3.87. The van der Waals surface area contributed by atoms with Crippen LogP contribution in [0.4, 0.5) is 8.78 Å². The summed E-state index contributed by atoms with van der Waals surface area (Å²) >= 11 is 0. The lowest BCUT2D eigenvalue weighted by Crippen LogP contribution is -2.08. The lowest BCUT2D eigenvalue weighted by atomic mass is 10.1. The molecule has 1 rings (SSSR count). The number of aryl methyl sites for hydroxylation is 2. The van der Waals surface area contributed by atoms with Crippen molar-refractivity contribution in [2.45, 2.75) is 40.5 Å². The van der Waals surface area contributed by atoms with E-state index in [1.54, 1.807) is 13.8 Å². The second-order valence-corrected chi connectivity index (χ2v) is 3.01. The van der Waals surface area contributed by atoms with Crippen molar-refractivity contribution < 1.29 is 8.78 Å². The van der Waals surface area contributed by atoms with E-state index in [1.807, 2.05) is 13.8 Å². The van der Waals surface area contributed by atoms with E-state index in [4.69, 9.17) is 0 Å². The predicted octanol–water partition coefficient (Wildman–Crippen LogP) is 3.84. The molecule has 1 heterocycles. The lowest BCUT2D eigenvalue weighted by molar-refractivity contribution is 0.0170. The van der Waals surface area contributed by atoms with Gasteiger partial charge in [0.15, 0.2) is 0 Å². The summed E-state index contributed by atoms with van der Waals surface area (Å²) in [5.41, 5.74) is 1.57. The molecule has 0 atom stereocenters. The van der Waals surface area contributed by atoms with E-state index in [2.05, 4.69) is 4.98 Å². The predicted molar refractivity (Wildman–Crippen MR) is 54.6 cm³/mol. The normalized spacial score (nSPS) is 10.5. The molecule has 0 aliphatic carbocycles. The molecule has 0 radical (unpaired) electrons. The molecule has 0 aliphatic rings. The van der Waals surface area contributed by atoms with Crippen molar-refractivity contribution >= 4 is 0 Å². The molecule has 0 N–H and O–H groups in total. The van der Waals surface area contributed by atoms with Gasteiger partial charge in [-0.2, -0.15) is 0 Å². The number of pyridine rings is 1. The van der Waals surface area contributed by atoms with Gasteiger partial charge in [0, 0.05) is 24.4 Å². The second-order valence-electron chi connectivity index (χ2n) is 3.01. The highest BCUT2D eigenvalue weighted by atomic mass is 19.3. The summed E-state index contributed by atoms with van der Waals surface area (Å²) in [5, 5.41) is 0. The maximum absolute atomic E-state index is 12.7. The molecule has 1 aromatic heterocycles. The highest BCUT2D eigenvalue weighted by Crippen LogP contribution is 2.26. The standard InChI is InChI=1S/C9H11F2N.C2H6/c1-6-4-8(9(3,10)11)5-12-7(6)2;1-2/h4-5H,1-3H3;1-2H3. The third-order valence-electron chi connectivity index (χ3n) is 1.85. The fourth-order valence-corrected chi connectivity index (χ4v) is 0.883. The van der Waals surface area contributed by atoms with Gasteiger partial charge in [-0.15, -0.1) is 0 Å². The van der Waals surface area contributed by atoms with E-state index in [1.165, 1.54) is 12.3 Å². The number of hydrogen-bond acceptors (Lipinski definition) is 1. The number of nitrogens with zero attached hydrogens (tertiary/aromatic N) is 1. The zero-order valence-electron chi connectivity index (χ0n) is 9.36. The molecule has 0 fully saturated rings. The first-order valence-corrected chi connectivity index (χ1v) is 4.73. The highest BCUT2D eigenvalue weighted by molar-refractivity contribution is 5.25. The summed E-state index contributed by atoms with van der Waals surface area (Å²) < 4.78 is 25.5. The lowest BCUT2D eigenvalue weighted by Gasteiger charge is -2.11. The van der Waals surface area contributed by atoms with Crippen LogP contribution in [-0.4, -0.2) is 4.98 Å². The largest absolute Gasteiger partial charge is 0.272 e. The molecule has 1 nitrogen and oxygen atoms in total. The fraction of sp³-hybridized carbons (Fsp3) is 0.545. The molecule has 14 heavy (non-hydrogen) atoms. The van der Waals surface area contributed by atoms with E-state index in [0.717, 1.165) is 18.2 Å². The zero-order chi connectivity index (χ0) is 11.4. The summed E-state index contributed by atoms with van der Waals surface area (Å²) in [6.07, 6.45) is 1.22. The van der Waals surface area contributed by atoms with E-state index in [-0.39, 0.29) is 5.56 Å². The maximum atomic E-state index is 12.7. The molecule has 80 valence electrons. The Labute approximate surface area is 84.2 Å². The molecule has 0 aromatic carbocycles. The number of aromatic nitrogens is 1. The van der Waals surface area contributed by atoms with Crippen LogP contribution in [0.5, 0.6) is 0 Å². The Balaban J connectivity index is 0.000000791. The first-order chi connectivity index (χ1) is 6.41. The van der Waals surface area contributed by atoms with E-state index < -0.39 is 5.92 Å². The van der Waals surface area contributed by atoms with Crippen molar-refractivity contribution in [1.82, 2.24) is 4.98 Å². The maximum Gasteiger partial charge on any atom is 0.272 e. The minimum Gasteiger partial charge on any atom is -0.261 e. The van der Waals surface area contributed by atoms with E-state index >= 15 is 0 Å². The van der Waals surface area contributed by atoms with Crippen molar-refractivity contribution in [3.05, 3.63) is 29.1 Å². The summed E-state index contributed by atoms with van der Waals surface area (Å²) in [5.74, 6) is -2.79. The molecule has 0 bridgehead atoms. The summed E-state index contributed by atoms with van der Waals surface area (Å²) in [6.45, 7) is 8.45. The molecule has 0 saturated heterocycles. The third-order valence-corrected chi connectivity index (χ3v) is 1.85. The Kier molecular flexibility index (Phi) is 4.68. The summed E-state index contributed by atoms with van der Waals surface area (Å²) in [6, 6.07) is 1.47. The van der Waals surface area contributed by atoms with Crippen LogP contribution in [0.25, 0.3) is 0 Å². The Hall–Kier alpha value is -0.990. The minimum atomic E-state index is -2.79. The van der Waals surface area contributed by atoms with Crippen LogP contribution < -0.4 is 0 Å². The van der Waals surface area contributed by atoms with Gasteiger partial charge in [-0.25, -0.2) is 8.78 Å². The van der Waals surface area contributed by atoms with Crippen LogP contribution in [0.15, 0.2) is 12.3 Å². The van der Waals surface area contributed by atoms with Gasteiger partial charge in [0.05, 0.1) is 0 Å². The average molecular weight is 201 g/mol. The van der Waals surface area contributed by atoms with Gasteiger partial charge >= 0.3 is 0 Å². The average Bonchev–Trinajstić information content (AvgIpc) is 2.11. The van der Waals surface area contributed by atoms with Crippen LogP contribution in [0, 0.1) is 13.8 Å². The molecule has 0 unspecified atom stereocenters. The molecule has 0 amide bonds. The van der Waals surface area contributed by atoms with Gasteiger partial charge in [0.2, 0.25) is 0 Å². The number of halogens is 2. The van der Waals surface area contributed by atoms with E-state index in [9.17, 15) is 8.78 Å². The van der Waals surface area contributed by atoms with Crippen molar-refractivity contribution in [2.24, 2.45) is 0 Å². The van der Waals surface area contributed by atoms with Crippen LogP contribution in [0.2, 0.25) is 0 Å². The number of alkyl halides is 2. The monoisotopic (exact) mass is 201 g/mol. The third kappa shape index (κ3) is 3.40. The number of hydrogen-bond donors (Lipinski definition) is 0. The van der Waals surface area contributed by atoms with E-state index in [0.29, 0.717) is 0 Å². The minimum absolute atomic E-state index is 0.0226. The molecule has 0 aliphatic heterocycles. The highest BCUT2D eigenvalue weighted by Gasteiger charge is 2.24. The van der Waals surface area contributed by atoms with Crippen LogP contribution >= 0.6 is 0 Å². The quantitative estimate of drug-likeness (QED) is 0.672. The van der Waals surface area contributed by atoms with Gasteiger partial charge in [-0.3, -0.25) is 4.98 Å². The van der Waals surface area contributed by atoms with Crippen molar-refractivity contribution in [3.8, 4) is 0 Å². The van der Waals surface area contributed by atoms with Gasteiger partial charge in [-0.1, -0.05) is 13.8 Å². The Morgan fingerprint density at radius 3 is 2.07 bits per heavy atom. The SMILES string of the molecule is CC.Cc1cc(C(C)(F)F)cnc1C. The first-order valence-electron chi connectivity index (χ1n) is 4.73. The zero-order valence-corrected chi connectivity index (χ0v) is 9.36. The Morgan fingerprint density at radius 1 is 1.21 bits per heavy atom. The molecule has 0 spiro atoms. The molecular weight excluding hydrogens is 184 g/mol. The van der Waals surface area contributed by atoms with Crippen LogP contribution in [0.1, 0.15) is 37.6 Å². The van der Waals surface area contributed by atoms with Crippen LogP contribution in [-0.2, 0) is 5.92 Å². The number of rotatable bonds is 1.